The Labute approximate surface area is 196 Å². The van der Waals surface area contributed by atoms with Gasteiger partial charge < -0.3 is 24.8 Å². The van der Waals surface area contributed by atoms with Gasteiger partial charge in [0, 0.05) is 17.1 Å². The molecule has 0 aliphatic carbocycles. The Morgan fingerprint density at radius 1 is 1.03 bits per heavy atom. The van der Waals surface area contributed by atoms with Crippen molar-refractivity contribution in [2.24, 2.45) is 0 Å². The van der Waals surface area contributed by atoms with Crippen molar-refractivity contribution in [1.29, 1.82) is 0 Å². The Balaban J connectivity index is 1.42. The normalized spacial score (nSPS) is 25.9. The Morgan fingerprint density at radius 3 is 2.47 bits per heavy atom. The molecule has 0 unspecified atom stereocenters. The smallest absolute Gasteiger partial charge is 0.252 e. The van der Waals surface area contributed by atoms with Gasteiger partial charge in [-0.1, -0.05) is 35.3 Å². The van der Waals surface area contributed by atoms with E-state index in [2.05, 4.69) is 10.6 Å². The Bertz CT molecular complexity index is 1010. The molecule has 0 aromatic heterocycles. The van der Waals surface area contributed by atoms with Crippen LogP contribution in [-0.4, -0.2) is 55.1 Å². The minimum atomic E-state index is -0.870. The molecule has 2 aromatic rings. The lowest BCUT2D eigenvalue weighted by Gasteiger charge is -2.27. The van der Waals surface area contributed by atoms with Crippen LogP contribution in [0.2, 0.25) is 10.0 Å². The van der Waals surface area contributed by atoms with Crippen LogP contribution in [0.1, 0.15) is 34.6 Å². The molecule has 0 bridgehead atoms. The fourth-order valence-electron chi connectivity index (χ4n) is 4.07. The second kappa shape index (κ2) is 9.00. The molecule has 2 amide bonds. The van der Waals surface area contributed by atoms with Gasteiger partial charge in [0.2, 0.25) is 0 Å². The fourth-order valence-corrected chi connectivity index (χ4v) is 4.41. The molecular weight excluding hydrogens is 455 g/mol. The highest BCUT2D eigenvalue weighted by atomic mass is 35.5. The highest BCUT2D eigenvalue weighted by Crippen LogP contribution is 2.43. The van der Waals surface area contributed by atoms with E-state index in [4.69, 9.17) is 37.4 Å². The average Bonchev–Trinajstić information content (AvgIpc) is 3.21. The van der Waals surface area contributed by atoms with E-state index in [1.165, 1.54) is 0 Å². The van der Waals surface area contributed by atoms with E-state index in [9.17, 15) is 9.59 Å². The number of ether oxygens (including phenoxy) is 3. The molecule has 2 aromatic carbocycles. The predicted octanol–water partition coefficient (Wildman–Crippen LogP) is 3.44. The second-order valence-electron chi connectivity index (χ2n) is 8.33. The van der Waals surface area contributed by atoms with E-state index in [-0.39, 0.29) is 31.5 Å². The molecule has 2 saturated heterocycles. The molecule has 2 heterocycles. The standard InChI is InChI=1S/C23H24Cl2N2O5/c1-22(2)31-19-18(11-26-21(29)16-5-3-4-6-17(16)25)30-13-23(19,32-22)12-27-20(28)14-7-9-15(24)10-8-14/h3-10,18-19H,11-13H2,1-2H3,(H,26,29)(H,27,28)/t18-,19-,23+/m1/s1. The summed E-state index contributed by atoms with van der Waals surface area (Å²) in [4.78, 5) is 25.1. The van der Waals surface area contributed by atoms with Gasteiger partial charge in [0.15, 0.2) is 5.79 Å². The minimum absolute atomic E-state index is 0.192. The van der Waals surface area contributed by atoms with Crippen LogP contribution in [0.3, 0.4) is 0 Å². The maximum atomic E-state index is 12.6. The molecule has 0 saturated carbocycles. The second-order valence-corrected chi connectivity index (χ2v) is 9.18. The molecule has 3 atom stereocenters. The summed E-state index contributed by atoms with van der Waals surface area (Å²) in [7, 11) is 0. The van der Waals surface area contributed by atoms with Crippen LogP contribution in [0.4, 0.5) is 0 Å². The van der Waals surface area contributed by atoms with Gasteiger partial charge in [0.25, 0.3) is 11.8 Å². The Morgan fingerprint density at radius 2 is 1.75 bits per heavy atom. The monoisotopic (exact) mass is 478 g/mol. The predicted molar refractivity (Wildman–Crippen MR) is 120 cm³/mol. The molecule has 2 aliphatic heterocycles. The summed E-state index contributed by atoms with van der Waals surface area (Å²) in [5, 5.41) is 6.69. The van der Waals surface area contributed by atoms with Crippen molar-refractivity contribution in [3.05, 3.63) is 69.7 Å². The van der Waals surface area contributed by atoms with Crippen molar-refractivity contribution in [3.8, 4) is 0 Å². The highest BCUT2D eigenvalue weighted by Gasteiger charge is 2.61. The number of carbonyl (C=O) groups is 2. The van der Waals surface area contributed by atoms with Crippen LogP contribution >= 0.6 is 23.2 Å². The van der Waals surface area contributed by atoms with Crippen LogP contribution in [-0.2, 0) is 14.2 Å². The van der Waals surface area contributed by atoms with Crippen LogP contribution < -0.4 is 10.6 Å². The van der Waals surface area contributed by atoms with Crippen molar-refractivity contribution in [1.82, 2.24) is 10.6 Å². The Kier molecular flexibility index (Phi) is 6.47. The summed E-state index contributed by atoms with van der Waals surface area (Å²) < 4.78 is 18.2. The lowest BCUT2D eigenvalue weighted by atomic mass is 9.96. The number of benzene rings is 2. The molecule has 9 heteroatoms. The van der Waals surface area contributed by atoms with Crippen molar-refractivity contribution in [2.45, 2.75) is 37.4 Å². The van der Waals surface area contributed by atoms with Crippen LogP contribution in [0.5, 0.6) is 0 Å². The first-order valence-electron chi connectivity index (χ1n) is 10.3. The summed E-state index contributed by atoms with van der Waals surface area (Å²) in [6, 6.07) is 13.4. The quantitative estimate of drug-likeness (QED) is 0.663. The third-order valence-corrected chi connectivity index (χ3v) is 6.08. The SMILES string of the molecule is CC1(C)O[C@@H]2[C@@H](CNC(=O)c3ccccc3Cl)OC[C@]2(CNC(=O)c2ccc(Cl)cc2)O1. The van der Waals surface area contributed by atoms with E-state index >= 15 is 0 Å². The third kappa shape index (κ3) is 4.77. The maximum absolute atomic E-state index is 12.6. The van der Waals surface area contributed by atoms with Gasteiger partial charge in [-0.15, -0.1) is 0 Å². The number of fused-ring (bicyclic) bond motifs is 1. The number of nitrogens with one attached hydrogen (secondary N) is 2. The zero-order valence-corrected chi connectivity index (χ0v) is 19.2. The molecule has 0 radical (unpaired) electrons. The van der Waals surface area contributed by atoms with Gasteiger partial charge in [-0.25, -0.2) is 0 Å². The number of amides is 2. The lowest BCUT2D eigenvalue weighted by Crippen LogP contribution is -2.52. The molecule has 32 heavy (non-hydrogen) atoms. The maximum Gasteiger partial charge on any atom is 0.252 e. The number of hydrogen-bond acceptors (Lipinski definition) is 5. The zero-order valence-electron chi connectivity index (χ0n) is 17.7. The number of carbonyl (C=O) groups excluding carboxylic acids is 2. The number of halogens is 2. The van der Waals surface area contributed by atoms with Crippen molar-refractivity contribution in [3.63, 3.8) is 0 Å². The zero-order chi connectivity index (χ0) is 22.9. The van der Waals surface area contributed by atoms with Crippen molar-refractivity contribution >= 4 is 35.0 Å². The van der Waals surface area contributed by atoms with Gasteiger partial charge in [-0.3, -0.25) is 9.59 Å². The Hall–Kier alpha value is -2.16. The first-order chi connectivity index (χ1) is 15.2. The number of rotatable bonds is 6. The fraction of sp³-hybridized carbons (Fsp3) is 0.391. The summed E-state index contributed by atoms with van der Waals surface area (Å²) in [5.41, 5.74) is 0.00586. The van der Waals surface area contributed by atoms with Gasteiger partial charge in [-0.2, -0.15) is 0 Å². The van der Waals surface area contributed by atoms with Gasteiger partial charge >= 0.3 is 0 Å². The topological polar surface area (TPSA) is 85.9 Å². The summed E-state index contributed by atoms with van der Waals surface area (Å²) in [5.74, 6) is -1.41. The third-order valence-electron chi connectivity index (χ3n) is 5.49. The van der Waals surface area contributed by atoms with E-state index in [0.717, 1.165) is 0 Å². The molecule has 2 N–H and O–H groups in total. The highest BCUT2D eigenvalue weighted by molar-refractivity contribution is 6.33. The molecule has 7 nitrogen and oxygen atoms in total. The summed E-state index contributed by atoms with van der Waals surface area (Å²) >= 11 is 12.0. The van der Waals surface area contributed by atoms with Crippen molar-refractivity contribution < 1.29 is 23.8 Å². The molecule has 0 spiro atoms. The van der Waals surface area contributed by atoms with Gasteiger partial charge in [0.1, 0.15) is 17.8 Å². The van der Waals surface area contributed by atoms with Crippen LogP contribution in [0.25, 0.3) is 0 Å². The summed E-state index contributed by atoms with van der Waals surface area (Å²) in [6.45, 7) is 4.24. The largest absolute Gasteiger partial charge is 0.370 e. The summed E-state index contributed by atoms with van der Waals surface area (Å²) in [6.07, 6.45) is -0.926. The van der Waals surface area contributed by atoms with Crippen LogP contribution in [0, 0.1) is 0 Å². The molecule has 2 aliphatic rings. The lowest BCUT2D eigenvalue weighted by molar-refractivity contribution is -0.188. The van der Waals surface area contributed by atoms with Crippen molar-refractivity contribution in [2.75, 3.05) is 19.7 Å². The van der Waals surface area contributed by atoms with E-state index in [1.807, 2.05) is 13.8 Å². The first kappa shape index (κ1) is 23.0. The molecular formula is C23H24Cl2N2O5. The molecule has 4 rings (SSSR count). The molecule has 170 valence electrons. The van der Waals surface area contributed by atoms with Gasteiger partial charge in [0.05, 0.1) is 23.7 Å². The van der Waals surface area contributed by atoms with E-state index < -0.39 is 23.6 Å². The van der Waals surface area contributed by atoms with Crippen LogP contribution in [0.15, 0.2) is 48.5 Å². The van der Waals surface area contributed by atoms with E-state index in [1.54, 1.807) is 48.5 Å². The number of hydrogen-bond donors (Lipinski definition) is 2. The van der Waals surface area contributed by atoms with E-state index in [0.29, 0.717) is 21.2 Å². The average molecular weight is 479 g/mol. The first-order valence-corrected chi connectivity index (χ1v) is 11.0. The molecule has 2 fully saturated rings. The van der Waals surface area contributed by atoms with Gasteiger partial charge in [-0.05, 0) is 50.2 Å². The minimum Gasteiger partial charge on any atom is -0.370 e.